The van der Waals surface area contributed by atoms with Gasteiger partial charge in [-0.3, -0.25) is 5.10 Å². The molecular weight excluding hydrogens is 282 g/mol. The molecule has 0 amide bonds. The Hall–Kier alpha value is -2.19. The zero-order chi connectivity index (χ0) is 14.8. The van der Waals surface area contributed by atoms with Gasteiger partial charge >= 0.3 is 5.97 Å². The van der Waals surface area contributed by atoms with E-state index < -0.39 is 21.0 Å². The molecule has 1 aromatic heterocycles. The zero-order valence-corrected chi connectivity index (χ0v) is 11.4. The molecule has 106 valence electrons. The third-order valence-electron chi connectivity index (χ3n) is 2.65. The van der Waals surface area contributed by atoms with Crippen LogP contribution in [0.4, 0.5) is 0 Å². The normalized spacial score (nSPS) is 11.4. The number of H-pyrrole nitrogens is 1. The van der Waals surface area contributed by atoms with Crippen LogP contribution in [0.3, 0.4) is 0 Å². The monoisotopic (exact) mass is 295 g/mol. The molecule has 0 radical (unpaired) electrons. The molecule has 0 aliphatic carbocycles. The Balaban J connectivity index is 2.19. The Morgan fingerprint density at radius 1 is 1.45 bits per heavy atom. The number of aromatic carboxylic acids is 1. The number of nitrogens with zero attached hydrogens (tertiary/aromatic N) is 1. The number of benzene rings is 1. The minimum Gasteiger partial charge on any atom is -0.478 e. The predicted octanol–water partition coefficient (Wildman–Crippen LogP) is 0.895. The van der Waals surface area contributed by atoms with Gasteiger partial charge in [-0.1, -0.05) is 29.8 Å². The Morgan fingerprint density at radius 3 is 2.85 bits per heavy atom. The van der Waals surface area contributed by atoms with E-state index in [9.17, 15) is 13.2 Å². The molecule has 0 atom stereocenters. The fourth-order valence-electron chi connectivity index (χ4n) is 1.70. The molecule has 0 fully saturated rings. The van der Waals surface area contributed by atoms with E-state index in [1.54, 1.807) is 6.07 Å². The van der Waals surface area contributed by atoms with E-state index in [0.29, 0.717) is 0 Å². The first-order chi connectivity index (χ1) is 9.40. The van der Waals surface area contributed by atoms with Crippen molar-refractivity contribution in [2.24, 2.45) is 0 Å². The quantitative estimate of drug-likeness (QED) is 0.758. The van der Waals surface area contributed by atoms with Crippen molar-refractivity contribution in [3.8, 4) is 0 Å². The summed E-state index contributed by atoms with van der Waals surface area (Å²) in [5, 5.41) is 14.1. The molecule has 8 heteroatoms. The molecule has 1 heterocycles. The highest BCUT2D eigenvalue weighted by molar-refractivity contribution is 7.89. The van der Waals surface area contributed by atoms with Crippen molar-refractivity contribution >= 4 is 16.0 Å². The van der Waals surface area contributed by atoms with Crippen LogP contribution in [0, 0.1) is 6.92 Å². The highest BCUT2D eigenvalue weighted by Crippen LogP contribution is 2.12. The molecule has 7 nitrogen and oxygen atoms in total. The molecule has 1 aromatic carbocycles. The Bertz CT molecular complexity index is 737. The van der Waals surface area contributed by atoms with Crippen LogP contribution in [0.25, 0.3) is 0 Å². The number of hydrogen-bond acceptors (Lipinski definition) is 4. The maximum atomic E-state index is 12.0. The Kier molecular flexibility index (Phi) is 3.86. The number of hydrogen-bond donors (Lipinski definition) is 3. The van der Waals surface area contributed by atoms with Crippen LogP contribution in [0.2, 0.25) is 0 Å². The summed E-state index contributed by atoms with van der Waals surface area (Å²) in [5.41, 5.74) is 1.40. The van der Waals surface area contributed by atoms with Crippen molar-refractivity contribution in [3.63, 3.8) is 0 Å². The van der Waals surface area contributed by atoms with Gasteiger partial charge in [0.1, 0.15) is 5.56 Å². The average Bonchev–Trinajstić information content (AvgIpc) is 2.87. The number of aryl methyl sites for hydroxylation is 1. The van der Waals surface area contributed by atoms with E-state index in [0.717, 1.165) is 17.3 Å². The molecule has 3 N–H and O–H groups in total. The van der Waals surface area contributed by atoms with Crippen LogP contribution in [-0.4, -0.2) is 29.7 Å². The van der Waals surface area contributed by atoms with Gasteiger partial charge in [-0.2, -0.15) is 5.10 Å². The van der Waals surface area contributed by atoms with Crippen LogP contribution >= 0.6 is 0 Å². The lowest BCUT2D eigenvalue weighted by Gasteiger charge is -2.06. The summed E-state index contributed by atoms with van der Waals surface area (Å²) >= 11 is 0. The molecule has 0 aliphatic heterocycles. The highest BCUT2D eigenvalue weighted by Gasteiger charge is 2.24. The second kappa shape index (κ2) is 5.43. The SMILES string of the molecule is Cc1cccc(CNS(=O)(=O)c2[nH]ncc2C(=O)O)c1. The van der Waals surface area contributed by atoms with Crippen molar-refractivity contribution in [3.05, 3.63) is 47.2 Å². The number of sulfonamides is 1. The fourth-order valence-corrected chi connectivity index (χ4v) is 2.81. The van der Waals surface area contributed by atoms with Crippen molar-refractivity contribution in [2.75, 3.05) is 0 Å². The second-order valence-electron chi connectivity index (χ2n) is 4.23. The van der Waals surface area contributed by atoms with Crippen LogP contribution in [-0.2, 0) is 16.6 Å². The summed E-state index contributed by atoms with van der Waals surface area (Å²) in [6.07, 6.45) is 0.962. The largest absolute Gasteiger partial charge is 0.478 e. The maximum absolute atomic E-state index is 12.0. The predicted molar refractivity (Wildman–Crippen MR) is 70.8 cm³/mol. The maximum Gasteiger partial charge on any atom is 0.340 e. The first-order valence-electron chi connectivity index (χ1n) is 5.72. The minimum atomic E-state index is -3.95. The highest BCUT2D eigenvalue weighted by atomic mass is 32.2. The summed E-state index contributed by atoms with van der Waals surface area (Å²) in [5.74, 6) is -1.35. The van der Waals surface area contributed by atoms with Crippen LogP contribution in [0.15, 0.2) is 35.5 Å². The Labute approximate surface area is 115 Å². The standard InChI is InChI=1S/C12H13N3O4S/c1-8-3-2-4-9(5-8)6-14-20(18,19)11-10(12(16)17)7-13-15-11/h2-5,7,14H,6H2,1H3,(H,13,15)(H,16,17). The molecule has 0 saturated heterocycles. The number of nitrogens with one attached hydrogen (secondary N) is 2. The Morgan fingerprint density at radius 2 is 2.20 bits per heavy atom. The third-order valence-corrected chi connectivity index (χ3v) is 4.03. The molecule has 2 rings (SSSR count). The van der Waals surface area contributed by atoms with Crippen LogP contribution in [0.5, 0.6) is 0 Å². The summed E-state index contributed by atoms with van der Waals surface area (Å²) in [7, 11) is -3.95. The van der Waals surface area contributed by atoms with E-state index in [-0.39, 0.29) is 12.1 Å². The lowest BCUT2D eigenvalue weighted by atomic mass is 10.1. The molecule has 0 bridgehead atoms. The van der Waals surface area contributed by atoms with Gasteiger partial charge < -0.3 is 5.11 Å². The van der Waals surface area contributed by atoms with E-state index in [1.807, 2.05) is 25.1 Å². The van der Waals surface area contributed by atoms with Gasteiger partial charge in [-0.15, -0.1) is 0 Å². The van der Waals surface area contributed by atoms with Crippen molar-refractivity contribution in [1.29, 1.82) is 0 Å². The molecule has 0 saturated carbocycles. The number of aromatic amines is 1. The van der Waals surface area contributed by atoms with Gasteiger partial charge in [-0.05, 0) is 12.5 Å². The molecule has 2 aromatic rings. The molecule has 0 unspecified atom stereocenters. The zero-order valence-electron chi connectivity index (χ0n) is 10.6. The first kappa shape index (κ1) is 14.2. The van der Waals surface area contributed by atoms with Crippen molar-refractivity contribution < 1.29 is 18.3 Å². The topological polar surface area (TPSA) is 112 Å². The molecule has 0 spiro atoms. The van der Waals surface area contributed by atoms with Gasteiger partial charge in [0, 0.05) is 6.54 Å². The third kappa shape index (κ3) is 3.03. The number of carboxylic acids is 1. The number of carboxylic acid groups (broad SMARTS) is 1. The number of aromatic nitrogens is 2. The van der Waals surface area contributed by atoms with Crippen LogP contribution in [0.1, 0.15) is 21.5 Å². The minimum absolute atomic E-state index is 0.0715. The van der Waals surface area contributed by atoms with E-state index in [1.165, 1.54) is 0 Å². The fraction of sp³-hybridized carbons (Fsp3) is 0.167. The number of carbonyl (C=O) groups is 1. The van der Waals surface area contributed by atoms with Gasteiger partial charge in [0.2, 0.25) is 0 Å². The lowest BCUT2D eigenvalue weighted by molar-refractivity contribution is 0.0692. The van der Waals surface area contributed by atoms with E-state index in [4.69, 9.17) is 5.11 Å². The smallest absolute Gasteiger partial charge is 0.340 e. The second-order valence-corrected chi connectivity index (χ2v) is 5.94. The van der Waals surface area contributed by atoms with Crippen molar-refractivity contribution in [2.45, 2.75) is 18.5 Å². The summed E-state index contributed by atoms with van der Waals surface area (Å²) < 4.78 is 26.4. The number of rotatable bonds is 5. The average molecular weight is 295 g/mol. The van der Waals surface area contributed by atoms with E-state index >= 15 is 0 Å². The molecule has 20 heavy (non-hydrogen) atoms. The summed E-state index contributed by atoms with van der Waals surface area (Å²) in [6.45, 7) is 1.97. The first-order valence-corrected chi connectivity index (χ1v) is 7.20. The molecule has 0 aliphatic rings. The van der Waals surface area contributed by atoms with Crippen molar-refractivity contribution in [1.82, 2.24) is 14.9 Å². The molecular formula is C12H13N3O4S. The van der Waals surface area contributed by atoms with Gasteiger partial charge in [0.15, 0.2) is 5.03 Å². The van der Waals surface area contributed by atoms with Gasteiger partial charge in [0.05, 0.1) is 6.20 Å². The van der Waals surface area contributed by atoms with E-state index in [2.05, 4.69) is 14.9 Å². The summed E-state index contributed by atoms with van der Waals surface area (Å²) in [6, 6.07) is 7.33. The lowest BCUT2D eigenvalue weighted by Crippen LogP contribution is -2.25. The van der Waals surface area contributed by atoms with Gasteiger partial charge in [-0.25, -0.2) is 17.9 Å². The van der Waals surface area contributed by atoms with Gasteiger partial charge in [0.25, 0.3) is 10.0 Å². The summed E-state index contributed by atoms with van der Waals surface area (Å²) in [4.78, 5) is 10.9. The van der Waals surface area contributed by atoms with Crippen LogP contribution < -0.4 is 4.72 Å².